The van der Waals surface area contributed by atoms with Crippen LogP contribution in [0.2, 0.25) is 0 Å². The fourth-order valence-electron chi connectivity index (χ4n) is 6.54. The molecular weight excluding hydrogens is 548 g/mol. The molecule has 1 aromatic heterocycles. The highest BCUT2D eigenvalue weighted by molar-refractivity contribution is 5.93. The quantitative estimate of drug-likeness (QED) is 0.232. The van der Waals surface area contributed by atoms with Crippen LogP contribution in [0, 0.1) is 5.92 Å². The number of amides is 2. The molecule has 0 saturated heterocycles. The molecule has 7 heteroatoms. The molecule has 7 nitrogen and oxygen atoms in total. The molecule has 2 aromatic carbocycles. The zero-order valence-corrected chi connectivity index (χ0v) is 26.9. The number of nitrogens with one attached hydrogen (secondary N) is 3. The first-order chi connectivity index (χ1) is 21.0. The maximum absolute atomic E-state index is 13.1. The number of hydrogen-bond acceptors (Lipinski definition) is 5. The Morgan fingerprint density at radius 2 is 1.64 bits per heavy atom. The molecule has 44 heavy (non-hydrogen) atoms. The van der Waals surface area contributed by atoms with Crippen LogP contribution in [0.4, 0.5) is 10.5 Å². The Kier molecular flexibility index (Phi) is 9.74. The number of hydrogen-bond donors (Lipinski definition) is 3. The molecule has 0 spiro atoms. The van der Waals surface area contributed by atoms with E-state index in [-0.39, 0.29) is 12.0 Å². The molecule has 2 saturated carbocycles. The molecule has 234 valence electrons. The highest BCUT2D eigenvalue weighted by atomic mass is 16.6. The normalized spacial score (nSPS) is 19.6. The van der Waals surface area contributed by atoms with Crippen molar-refractivity contribution in [2.45, 2.75) is 109 Å². The van der Waals surface area contributed by atoms with E-state index in [4.69, 9.17) is 9.72 Å². The Morgan fingerprint density at radius 1 is 0.955 bits per heavy atom. The number of anilines is 1. The lowest BCUT2D eigenvalue weighted by molar-refractivity contribution is -0.117. The summed E-state index contributed by atoms with van der Waals surface area (Å²) < 4.78 is 5.55. The number of aromatic nitrogens is 1. The standard InChI is InChI=1S/C37H48N4O3/c1-25(2)39-30-18-12-26(13-19-30)22-33(42)40-31-23-32(27-10-7-6-8-11-27)34(38-24-31)28-14-16-29(17-15-28)37(20-9-21-37)41-35(43)44-36(3,4)5/h6-8,10-11,14-17,23-26,30,39H,9,12-13,18-22H2,1-5H3,(H,40,42)(H,41,43). The van der Waals surface area contributed by atoms with Gasteiger partial charge in [-0.05, 0) is 88.8 Å². The molecule has 3 N–H and O–H groups in total. The molecule has 0 unspecified atom stereocenters. The minimum absolute atomic E-state index is 0.0477. The van der Waals surface area contributed by atoms with E-state index in [0.29, 0.717) is 30.1 Å². The van der Waals surface area contributed by atoms with Gasteiger partial charge in [-0.2, -0.15) is 0 Å². The molecule has 0 bridgehead atoms. The third-order valence-corrected chi connectivity index (χ3v) is 8.80. The largest absolute Gasteiger partial charge is 0.444 e. The monoisotopic (exact) mass is 596 g/mol. The summed E-state index contributed by atoms with van der Waals surface area (Å²) in [6.07, 6.45) is 9.13. The predicted octanol–water partition coefficient (Wildman–Crippen LogP) is 8.20. The highest BCUT2D eigenvalue weighted by Gasteiger charge is 2.41. The fraction of sp³-hybridized carbons (Fsp3) is 0.486. The second-order valence-electron chi connectivity index (χ2n) is 13.9. The van der Waals surface area contributed by atoms with Gasteiger partial charge in [-0.1, -0.05) is 68.4 Å². The van der Waals surface area contributed by atoms with Crippen LogP contribution in [-0.2, 0) is 15.1 Å². The van der Waals surface area contributed by atoms with E-state index in [2.05, 4.69) is 66.2 Å². The van der Waals surface area contributed by atoms with E-state index in [9.17, 15) is 9.59 Å². The number of nitrogens with zero attached hydrogens (tertiary/aromatic N) is 1. The number of pyridine rings is 1. The lowest BCUT2D eigenvalue weighted by atomic mass is 9.71. The molecule has 2 fully saturated rings. The zero-order valence-electron chi connectivity index (χ0n) is 26.9. The summed E-state index contributed by atoms with van der Waals surface area (Å²) in [4.78, 5) is 30.6. The summed E-state index contributed by atoms with van der Waals surface area (Å²) in [5, 5.41) is 9.91. The molecular formula is C37H48N4O3. The number of rotatable bonds is 9. The predicted molar refractivity (Wildman–Crippen MR) is 177 cm³/mol. The van der Waals surface area contributed by atoms with Crippen molar-refractivity contribution in [3.8, 4) is 22.4 Å². The Labute approximate surface area is 262 Å². The van der Waals surface area contributed by atoms with Gasteiger partial charge in [-0.3, -0.25) is 9.78 Å². The number of alkyl carbamates (subject to hydrolysis) is 1. The van der Waals surface area contributed by atoms with E-state index >= 15 is 0 Å². The molecule has 0 radical (unpaired) electrons. The third kappa shape index (κ3) is 8.06. The van der Waals surface area contributed by atoms with Gasteiger partial charge in [0.25, 0.3) is 0 Å². The molecule has 3 aromatic rings. The van der Waals surface area contributed by atoms with Gasteiger partial charge >= 0.3 is 6.09 Å². The first-order valence-electron chi connectivity index (χ1n) is 16.2. The summed E-state index contributed by atoms with van der Waals surface area (Å²) in [5.41, 5.74) is 4.64. The van der Waals surface area contributed by atoms with Crippen molar-refractivity contribution in [2.75, 3.05) is 5.32 Å². The van der Waals surface area contributed by atoms with Gasteiger partial charge in [0.2, 0.25) is 5.91 Å². The van der Waals surface area contributed by atoms with E-state index in [1.165, 1.54) is 0 Å². The van der Waals surface area contributed by atoms with Gasteiger partial charge in [0.1, 0.15) is 5.60 Å². The van der Waals surface area contributed by atoms with Crippen LogP contribution in [0.25, 0.3) is 22.4 Å². The van der Waals surface area contributed by atoms with Gasteiger partial charge in [0, 0.05) is 29.6 Å². The third-order valence-electron chi connectivity index (χ3n) is 8.80. The number of carbonyl (C=O) groups excluding carboxylic acids is 2. The lowest BCUT2D eigenvalue weighted by Crippen LogP contribution is -2.52. The zero-order chi connectivity index (χ0) is 31.3. The molecule has 1 heterocycles. The van der Waals surface area contributed by atoms with Gasteiger partial charge in [0.15, 0.2) is 0 Å². The van der Waals surface area contributed by atoms with Crippen LogP contribution in [0.15, 0.2) is 66.9 Å². The Bertz CT molecular complexity index is 1420. The van der Waals surface area contributed by atoms with Gasteiger partial charge in [-0.15, -0.1) is 0 Å². The van der Waals surface area contributed by atoms with E-state index in [1.54, 1.807) is 6.20 Å². The second-order valence-corrected chi connectivity index (χ2v) is 13.9. The van der Waals surface area contributed by atoms with Crippen LogP contribution < -0.4 is 16.0 Å². The van der Waals surface area contributed by atoms with Crippen LogP contribution in [0.3, 0.4) is 0 Å². The second kappa shape index (κ2) is 13.5. The van der Waals surface area contributed by atoms with E-state index in [0.717, 1.165) is 72.9 Å². The average Bonchev–Trinajstić information content (AvgIpc) is 2.95. The Balaban J connectivity index is 1.31. The van der Waals surface area contributed by atoms with Crippen molar-refractivity contribution in [2.24, 2.45) is 5.92 Å². The van der Waals surface area contributed by atoms with Crippen LogP contribution >= 0.6 is 0 Å². The maximum Gasteiger partial charge on any atom is 0.408 e. The van der Waals surface area contributed by atoms with Gasteiger partial charge in [0.05, 0.1) is 23.1 Å². The number of benzene rings is 2. The van der Waals surface area contributed by atoms with Crippen LogP contribution in [-0.4, -0.2) is 34.7 Å². The first-order valence-corrected chi connectivity index (χ1v) is 16.2. The summed E-state index contributed by atoms with van der Waals surface area (Å²) in [7, 11) is 0. The van der Waals surface area contributed by atoms with Crippen molar-refractivity contribution >= 4 is 17.7 Å². The van der Waals surface area contributed by atoms with E-state index < -0.39 is 11.1 Å². The number of carbonyl (C=O) groups is 2. The summed E-state index contributed by atoms with van der Waals surface area (Å²) in [5.74, 6) is 0.467. The minimum atomic E-state index is -0.547. The average molecular weight is 597 g/mol. The summed E-state index contributed by atoms with van der Waals surface area (Å²) in [6, 6.07) is 21.6. The first kappa shape index (κ1) is 31.7. The van der Waals surface area contributed by atoms with Crippen LogP contribution in [0.5, 0.6) is 0 Å². The van der Waals surface area contributed by atoms with Gasteiger partial charge in [-0.25, -0.2) is 4.79 Å². The van der Waals surface area contributed by atoms with Crippen molar-refractivity contribution in [3.63, 3.8) is 0 Å². The lowest BCUT2D eigenvalue weighted by Gasteiger charge is -2.43. The van der Waals surface area contributed by atoms with Crippen molar-refractivity contribution in [1.29, 1.82) is 0 Å². The van der Waals surface area contributed by atoms with Gasteiger partial charge < -0.3 is 20.7 Å². The Morgan fingerprint density at radius 3 is 2.23 bits per heavy atom. The smallest absolute Gasteiger partial charge is 0.408 e. The summed E-state index contributed by atoms with van der Waals surface area (Å²) >= 11 is 0. The van der Waals surface area contributed by atoms with E-state index in [1.807, 2.05) is 45.0 Å². The maximum atomic E-state index is 13.1. The van der Waals surface area contributed by atoms with Crippen molar-refractivity contribution in [1.82, 2.24) is 15.6 Å². The summed E-state index contributed by atoms with van der Waals surface area (Å²) in [6.45, 7) is 10.0. The topological polar surface area (TPSA) is 92.4 Å². The fourth-order valence-corrected chi connectivity index (χ4v) is 6.54. The molecule has 2 aliphatic carbocycles. The highest BCUT2D eigenvalue weighted by Crippen LogP contribution is 2.42. The molecule has 5 rings (SSSR count). The molecule has 0 aliphatic heterocycles. The SMILES string of the molecule is CC(C)NC1CCC(CC(=O)Nc2cnc(-c3ccc(C4(NC(=O)OC(C)(C)C)CCC4)cc3)c(-c3ccccc3)c2)CC1. The molecule has 0 atom stereocenters. The molecule has 2 amide bonds. The van der Waals surface area contributed by atoms with Crippen molar-refractivity contribution < 1.29 is 14.3 Å². The van der Waals surface area contributed by atoms with Crippen molar-refractivity contribution in [3.05, 3.63) is 72.4 Å². The van der Waals surface area contributed by atoms with Crippen LogP contribution in [0.1, 0.15) is 91.5 Å². The molecule has 2 aliphatic rings. The minimum Gasteiger partial charge on any atom is -0.444 e. The number of ether oxygens (including phenoxy) is 1. The Hall–Kier alpha value is -3.71.